The van der Waals surface area contributed by atoms with E-state index in [2.05, 4.69) is 15.0 Å². The average Bonchev–Trinajstić information content (AvgIpc) is 2.95. The molecule has 2 aromatic heterocycles. The van der Waals surface area contributed by atoms with E-state index in [9.17, 15) is 23.1 Å². The quantitative estimate of drug-likeness (QED) is 0.432. The van der Waals surface area contributed by atoms with Crippen molar-refractivity contribution in [2.45, 2.75) is 45.8 Å². The fourth-order valence-electron chi connectivity index (χ4n) is 4.19. The minimum Gasteiger partial charge on any atom is -0.477 e. The molecule has 1 aliphatic heterocycles. The molecule has 1 aromatic carbocycles. The van der Waals surface area contributed by atoms with E-state index in [4.69, 9.17) is 16.3 Å². The molecule has 1 saturated heterocycles. The predicted molar refractivity (Wildman–Crippen MR) is 141 cm³/mol. The van der Waals surface area contributed by atoms with Gasteiger partial charge < -0.3 is 14.4 Å². The Morgan fingerprint density at radius 1 is 1.22 bits per heavy atom. The normalized spacial score (nSPS) is 15.8. The summed E-state index contributed by atoms with van der Waals surface area (Å²) in [6.45, 7) is 5.68. The van der Waals surface area contributed by atoms with Crippen LogP contribution in [0.5, 0.6) is 0 Å². The first-order valence-corrected chi connectivity index (χ1v) is 13.4. The molecule has 198 valence electrons. The van der Waals surface area contributed by atoms with Gasteiger partial charge in [-0.05, 0) is 69.5 Å². The van der Waals surface area contributed by atoms with Crippen LogP contribution in [0.3, 0.4) is 0 Å². The molecule has 1 fully saturated rings. The number of carboxylic acids is 1. The second kappa shape index (κ2) is 10.2. The number of aromatic nitrogens is 2. The Labute approximate surface area is 219 Å². The van der Waals surface area contributed by atoms with Crippen molar-refractivity contribution in [2.24, 2.45) is 0 Å². The smallest absolute Gasteiger partial charge is 0.413 e. The Morgan fingerprint density at radius 3 is 2.68 bits per heavy atom. The molecule has 0 saturated carbocycles. The van der Waals surface area contributed by atoms with Gasteiger partial charge >= 0.3 is 22.3 Å². The molecule has 3 N–H and O–H groups in total. The first-order chi connectivity index (χ1) is 17.4. The summed E-state index contributed by atoms with van der Waals surface area (Å²) in [7, 11) is -3.98. The number of benzene rings is 1. The zero-order valence-electron chi connectivity index (χ0n) is 20.6. The van der Waals surface area contributed by atoms with Gasteiger partial charge in [-0.15, -0.1) is 0 Å². The summed E-state index contributed by atoms with van der Waals surface area (Å²) in [4.78, 5) is 28.9. The van der Waals surface area contributed by atoms with Gasteiger partial charge in [0.15, 0.2) is 5.69 Å². The number of hydrogen-bond acceptors (Lipinski definition) is 6. The average molecular weight is 550 g/mol. The van der Waals surface area contributed by atoms with E-state index in [1.54, 1.807) is 51.1 Å². The van der Waals surface area contributed by atoms with Gasteiger partial charge in [0.2, 0.25) is 0 Å². The number of ether oxygens (including phenoxy) is 1. The number of nitrogens with zero attached hydrogens (tertiary/aromatic N) is 3. The predicted octanol–water partition coefficient (Wildman–Crippen LogP) is 4.22. The molecule has 37 heavy (non-hydrogen) atoms. The summed E-state index contributed by atoms with van der Waals surface area (Å²) in [5.41, 5.74) is 0.291. The van der Waals surface area contributed by atoms with E-state index in [1.165, 1.54) is 10.8 Å². The number of fused-ring (bicyclic) bond motifs is 1. The van der Waals surface area contributed by atoms with Crippen molar-refractivity contribution in [1.29, 1.82) is 0 Å². The number of carbonyl (C=O) groups excluding carboxylic acids is 1. The number of hydrogen-bond donors (Lipinski definition) is 3. The SMILES string of the molecule is CC(C)(C)OC(=O)Nc1cc(Cn2c(C(=O)O)c(N3CCCCNS3(=O)=O)c3cc(Cl)ccc32)ccn1. The second-order valence-electron chi connectivity index (χ2n) is 9.60. The van der Waals surface area contributed by atoms with Gasteiger partial charge in [0.25, 0.3) is 0 Å². The van der Waals surface area contributed by atoms with Gasteiger partial charge in [0.05, 0.1) is 11.2 Å². The van der Waals surface area contributed by atoms with Crippen molar-refractivity contribution in [1.82, 2.24) is 14.3 Å². The number of aromatic carboxylic acids is 1. The van der Waals surface area contributed by atoms with E-state index in [0.29, 0.717) is 34.3 Å². The van der Waals surface area contributed by atoms with E-state index >= 15 is 0 Å². The molecule has 0 aliphatic carbocycles. The second-order valence-corrected chi connectivity index (χ2v) is 11.7. The molecule has 1 aliphatic rings. The molecular weight excluding hydrogens is 522 g/mol. The Hall–Kier alpha value is -3.35. The zero-order valence-corrected chi connectivity index (χ0v) is 22.2. The maximum atomic E-state index is 13.0. The molecule has 0 radical (unpaired) electrons. The van der Waals surface area contributed by atoms with Crippen LogP contribution in [0.4, 0.5) is 16.3 Å². The number of anilines is 2. The highest BCUT2D eigenvalue weighted by atomic mass is 35.5. The minimum atomic E-state index is -3.98. The lowest BCUT2D eigenvalue weighted by atomic mass is 10.2. The lowest BCUT2D eigenvalue weighted by Crippen LogP contribution is -2.40. The Bertz CT molecular complexity index is 1460. The third-order valence-electron chi connectivity index (χ3n) is 5.61. The molecule has 3 aromatic rings. The van der Waals surface area contributed by atoms with Crippen LogP contribution < -0.4 is 14.3 Å². The molecule has 0 spiro atoms. The van der Waals surface area contributed by atoms with Crippen LogP contribution in [-0.2, 0) is 21.5 Å². The van der Waals surface area contributed by atoms with Crippen molar-refractivity contribution in [3.05, 3.63) is 52.8 Å². The molecule has 0 unspecified atom stereocenters. The molecule has 11 nitrogen and oxygen atoms in total. The summed E-state index contributed by atoms with van der Waals surface area (Å²) in [6, 6.07) is 8.12. The van der Waals surface area contributed by atoms with E-state index in [-0.39, 0.29) is 36.8 Å². The maximum absolute atomic E-state index is 13.0. The standard InChI is InChI=1S/C24H28ClN5O6S/c1-24(2,3)36-23(33)28-19-12-15(8-10-26-19)14-29-18-7-6-16(25)13-17(18)20(21(29)22(31)32)30-11-5-4-9-27-37(30,34)35/h6-8,10,12-13,27H,4-5,9,11,14H2,1-3H3,(H,31,32)(H,26,28,33). The van der Waals surface area contributed by atoms with Gasteiger partial charge in [-0.25, -0.2) is 14.6 Å². The van der Waals surface area contributed by atoms with Gasteiger partial charge in [0, 0.05) is 36.2 Å². The van der Waals surface area contributed by atoms with Crippen LogP contribution >= 0.6 is 11.6 Å². The number of amides is 1. The Morgan fingerprint density at radius 2 is 1.97 bits per heavy atom. The molecule has 0 bridgehead atoms. The van der Waals surface area contributed by atoms with Crippen molar-refractivity contribution in [2.75, 3.05) is 22.7 Å². The van der Waals surface area contributed by atoms with Crippen molar-refractivity contribution < 1.29 is 27.9 Å². The van der Waals surface area contributed by atoms with E-state index < -0.39 is 27.9 Å². The molecular formula is C24H28ClN5O6S. The number of halogens is 1. The summed E-state index contributed by atoms with van der Waals surface area (Å²) in [5.74, 6) is -1.06. The number of carboxylic acid groups (broad SMARTS) is 1. The molecule has 3 heterocycles. The zero-order chi connectivity index (χ0) is 27.0. The summed E-state index contributed by atoms with van der Waals surface area (Å²) < 4.78 is 36.5. The van der Waals surface area contributed by atoms with Gasteiger partial charge in [0.1, 0.15) is 11.4 Å². The highest BCUT2D eigenvalue weighted by Crippen LogP contribution is 2.38. The third-order valence-corrected chi connectivity index (χ3v) is 7.36. The van der Waals surface area contributed by atoms with Crippen LogP contribution in [0.2, 0.25) is 5.02 Å². The molecule has 4 rings (SSSR count). The topological polar surface area (TPSA) is 143 Å². The monoisotopic (exact) mass is 549 g/mol. The first-order valence-electron chi connectivity index (χ1n) is 11.6. The number of pyridine rings is 1. The third kappa shape index (κ3) is 5.97. The van der Waals surface area contributed by atoms with Gasteiger partial charge in [-0.1, -0.05) is 11.6 Å². The summed E-state index contributed by atoms with van der Waals surface area (Å²) in [6.07, 6.45) is 1.99. The van der Waals surface area contributed by atoms with Crippen molar-refractivity contribution >= 4 is 56.3 Å². The Balaban J connectivity index is 1.81. The summed E-state index contributed by atoms with van der Waals surface area (Å²) >= 11 is 6.25. The van der Waals surface area contributed by atoms with Crippen molar-refractivity contribution in [3.63, 3.8) is 0 Å². The van der Waals surface area contributed by atoms with Crippen molar-refractivity contribution in [3.8, 4) is 0 Å². The van der Waals surface area contributed by atoms with Gasteiger partial charge in [-0.2, -0.15) is 13.1 Å². The largest absolute Gasteiger partial charge is 0.477 e. The lowest BCUT2D eigenvalue weighted by molar-refractivity contribution is 0.0633. The fraction of sp³-hybridized carbons (Fsp3) is 0.375. The first kappa shape index (κ1) is 26.7. The lowest BCUT2D eigenvalue weighted by Gasteiger charge is -2.22. The highest BCUT2D eigenvalue weighted by molar-refractivity contribution is 7.90. The van der Waals surface area contributed by atoms with Crippen LogP contribution in [0, 0.1) is 0 Å². The number of carbonyl (C=O) groups is 2. The number of nitrogens with one attached hydrogen (secondary N) is 2. The molecule has 1 amide bonds. The van der Waals surface area contributed by atoms with Gasteiger partial charge in [-0.3, -0.25) is 9.62 Å². The van der Waals surface area contributed by atoms with E-state index in [1.807, 2.05) is 0 Å². The van der Waals surface area contributed by atoms with Crippen LogP contribution in [0.15, 0.2) is 36.5 Å². The highest BCUT2D eigenvalue weighted by Gasteiger charge is 2.33. The Kier molecular flexibility index (Phi) is 7.36. The molecule has 0 atom stereocenters. The maximum Gasteiger partial charge on any atom is 0.413 e. The van der Waals surface area contributed by atoms with Crippen LogP contribution in [0.25, 0.3) is 10.9 Å². The van der Waals surface area contributed by atoms with E-state index in [0.717, 1.165) is 4.31 Å². The fourth-order valence-corrected chi connectivity index (χ4v) is 5.71. The van der Waals surface area contributed by atoms with Crippen LogP contribution in [0.1, 0.15) is 49.7 Å². The molecule has 13 heteroatoms. The summed E-state index contributed by atoms with van der Waals surface area (Å²) in [5, 5.41) is 13.6. The van der Waals surface area contributed by atoms with Crippen LogP contribution in [-0.4, -0.2) is 53.8 Å². The number of rotatable bonds is 5. The minimum absolute atomic E-state index is 0.0561.